The van der Waals surface area contributed by atoms with Crippen LogP contribution in [-0.2, 0) is 0 Å². The second kappa shape index (κ2) is 3.51. The van der Waals surface area contributed by atoms with Gasteiger partial charge in [0.25, 0.3) is 0 Å². The number of aryl methyl sites for hydroxylation is 1. The average Bonchev–Trinajstić information content (AvgIpc) is 2.03. The summed E-state index contributed by atoms with van der Waals surface area (Å²) < 4.78 is 0. The minimum absolute atomic E-state index is 0.00260. The van der Waals surface area contributed by atoms with Crippen LogP contribution < -0.4 is 4.90 Å². The van der Waals surface area contributed by atoms with Gasteiger partial charge in [-0.25, -0.2) is 9.97 Å². The molecule has 4 nitrogen and oxygen atoms in total. The van der Waals surface area contributed by atoms with E-state index in [-0.39, 0.29) is 5.78 Å². The SMILES string of the molecule is CC(=O)c1cnc(N(C)C)nc1C. The van der Waals surface area contributed by atoms with Crippen molar-refractivity contribution in [1.29, 1.82) is 0 Å². The number of nitrogens with zero attached hydrogens (tertiary/aromatic N) is 3. The molecule has 1 heterocycles. The molecule has 1 aromatic heterocycles. The summed E-state index contributed by atoms with van der Waals surface area (Å²) in [7, 11) is 3.73. The lowest BCUT2D eigenvalue weighted by Gasteiger charge is -2.10. The molecule has 4 heteroatoms. The van der Waals surface area contributed by atoms with Crippen molar-refractivity contribution in [2.45, 2.75) is 13.8 Å². The van der Waals surface area contributed by atoms with Gasteiger partial charge in [-0.3, -0.25) is 4.79 Å². The summed E-state index contributed by atoms with van der Waals surface area (Å²) in [4.78, 5) is 21.1. The van der Waals surface area contributed by atoms with Gasteiger partial charge >= 0.3 is 0 Å². The molecule has 0 amide bonds. The summed E-state index contributed by atoms with van der Waals surface area (Å²) in [6.07, 6.45) is 1.57. The van der Waals surface area contributed by atoms with Gasteiger partial charge < -0.3 is 4.90 Å². The largest absolute Gasteiger partial charge is 0.347 e. The fourth-order valence-corrected chi connectivity index (χ4v) is 1.02. The predicted octanol–water partition coefficient (Wildman–Crippen LogP) is 1.05. The standard InChI is InChI=1S/C9H13N3O/c1-6-8(7(2)13)5-10-9(11-6)12(3)4/h5H,1-4H3. The molecule has 0 unspecified atom stereocenters. The van der Waals surface area contributed by atoms with Gasteiger partial charge in [0, 0.05) is 20.3 Å². The summed E-state index contributed by atoms with van der Waals surface area (Å²) in [5.74, 6) is 0.630. The first-order valence-electron chi connectivity index (χ1n) is 4.04. The number of hydrogen-bond acceptors (Lipinski definition) is 4. The normalized spacial score (nSPS) is 9.85. The Balaban J connectivity index is 3.13. The Morgan fingerprint density at radius 1 is 1.46 bits per heavy atom. The van der Waals surface area contributed by atoms with Crippen LogP contribution in [0.15, 0.2) is 6.20 Å². The van der Waals surface area contributed by atoms with Crippen molar-refractivity contribution in [2.75, 3.05) is 19.0 Å². The van der Waals surface area contributed by atoms with Gasteiger partial charge in [0.2, 0.25) is 5.95 Å². The number of carbonyl (C=O) groups is 1. The zero-order valence-corrected chi connectivity index (χ0v) is 8.33. The number of ketones is 1. The van der Waals surface area contributed by atoms with Crippen LogP contribution >= 0.6 is 0 Å². The van der Waals surface area contributed by atoms with E-state index in [0.717, 1.165) is 5.69 Å². The molecule has 0 saturated carbocycles. The minimum atomic E-state index is 0.00260. The van der Waals surface area contributed by atoms with E-state index in [0.29, 0.717) is 11.5 Å². The van der Waals surface area contributed by atoms with Gasteiger partial charge in [0.15, 0.2) is 5.78 Å². The van der Waals surface area contributed by atoms with E-state index in [1.54, 1.807) is 11.1 Å². The molecular weight excluding hydrogens is 166 g/mol. The first kappa shape index (κ1) is 9.64. The molecule has 0 bridgehead atoms. The maximum Gasteiger partial charge on any atom is 0.225 e. The Morgan fingerprint density at radius 2 is 2.08 bits per heavy atom. The van der Waals surface area contributed by atoms with Crippen LogP contribution in [0, 0.1) is 6.92 Å². The molecule has 0 N–H and O–H groups in total. The Morgan fingerprint density at radius 3 is 2.46 bits per heavy atom. The Hall–Kier alpha value is -1.45. The topological polar surface area (TPSA) is 46.1 Å². The highest BCUT2D eigenvalue weighted by Crippen LogP contribution is 2.08. The summed E-state index contributed by atoms with van der Waals surface area (Å²) in [5, 5.41) is 0. The smallest absolute Gasteiger partial charge is 0.225 e. The molecule has 70 valence electrons. The van der Waals surface area contributed by atoms with Crippen LogP contribution in [0.2, 0.25) is 0 Å². The number of aromatic nitrogens is 2. The third kappa shape index (κ3) is 2.02. The lowest BCUT2D eigenvalue weighted by atomic mass is 10.2. The third-order valence-electron chi connectivity index (χ3n) is 1.75. The van der Waals surface area contributed by atoms with Crippen molar-refractivity contribution in [3.05, 3.63) is 17.5 Å². The van der Waals surface area contributed by atoms with Gasteiger partial charge in [0.05, 0.1) is 11.3 Å². The van der Waals surface area contributed by atoms with Crippen molar-refractivity contribution in [3.63, 3.8) is 0 Å². The molecule has 0 radical (unpaired) electrons. The fraction of sp³-hybridized carbons (Fsp3) is 0.444. The van der Waals surface area contributed by atoms with E-state index in [4.69, 9.17) is 0 Å². The number of Topliss-reactive ketones (excluding diaryl/α,β-unsaturated/α-hetero) is 1. The summed E-state index contributed by atoms with van der Waals surface area (Å²) >= 11 is 0. The molecule has 0 saturated heterocycles. The van der Waals surface area contributed by atoms with Crippen LogP contribution in [0.25, 0.3) is 0 Å². The van der Waals surface area contributed by atoms with E-state index in [1.165, 1.54) is 6.92 Å². The number of carbonyl (C=O) groups excluding carboxylic acids is 1. The maximum absolute atomic E-state index is 11.1. The zero-order valence-electron chi connectivity index (χ0n) is 8.33. The minimum Gasteiger partial charge on any atom is -0.347 e. The molecule has 0 aliphatic carbocycles. The highest BCUT2D eigenvalue weighted by molar-refractivity contribution is 5.94. The molecule has 1 aromatic rings. The number of anilines is 1. The van der Waals surface area contributed by atoms with Crippen molar-refractivity contribution in [2.24, 2.45) is 0 Å². The van der Waals surface area contributed by atoms with Gasteiger partial charge in [-0.15, -0.1) is 0 Å². The van der Waals surface area contributed by atoms with Crippen molar-refractivity contribution in [3.8, 4) is 0 Å². The highest BCUT2D eigenvalue weighted by Gasteiger charge is 2.07. The van der Waals surface area contributed by atoms with Crippen molar-refractivity contribution in [1.82, 2.24) is 9.97 Å². The van der Waals surface area contributed by atoms with Crippen molar-refractivity contribution >= 4 is 11.7 Å². The second-order valence-corrected chi connectivity index (χ2v) is 3.12. The van der Waals surface area contributed by atoms with Gasteiger partial charge in [-0.2, -0.15) is 0 Å². The zero-order chi connectivity index (χ0) is 10.0. The van der Waals surface area contributed by atoms with E-state index in [9.17, 15) is 4.79 Å². The number of rotatable bonds is 2. The molecule has 13 heavy (non-hydrogen) atoms. The average molecular weight is 179 g/mol. The Bertz CT molecular complexity index is 334. The molecule has 0 aliphatic rings. The maximum atomic E-state index is 11.1. The molecule has 0 atom stereocenters. The third-order valence-corrected chi connectivity index (χ3v) is 1.75. The molecule has 0 spiro atoms. The summed E-state index contributed by atoms with van der Waals surface area (Å²) in [5.41, 5.74) is 1.32. The first-order chi connectivity index (χ1) is 6.02. The number of hydrogen-bond donors (Lipinski definition) is 0. The highest BCUT2D eigenvalue weighted by atomic mass is 16.1. The van der Waals surface area contributed by atoms with E-state index < -0.39 is 0 Å². The molecule has 0 aliphatic heterocycles. The lowest BCUT2D eigenvalue weighted by molar-refractivity contribution is 0.101. The molecule has 1 rings (SSSR count). The lowest BCUT2D eigenvalue weighted by Crippen LogP contribution is -2.14. The van der Waals surface area contributed by atoms with Gasteiger partial charge in [-0.05, 0) is 13.8 Å². The van der Waals surface area contributed by atoms with Crippen LogP contribution in [0.1, 0.15) is 23.0 Å². The van der Waals surface area contributed by atoms with E-state index in [1.807, 2.05) is 21.0 Å². The van der Waals surface area contributed by atoms with E-state index >= 15 is 0 Å². The van der Waals surface area contributed by atoms with Crippen LogP contribution in [0.3, 0.4) is 0 Å². The van der Waals surface area contributed by atoms with Crippen LogP contribution in [0.4, 0.5) is 5.95 Å². The van der Waals surface area contributed by atoms with Crippen LogP contribution in [0.5, 0.6) is 0 Å². The second-order valence-electron chi connectivity index (χ2n) is 3.12. The fourth-order valence-electron chi connectivity index (χ4n) is 1.02. The summed E-state index contributed by atoms with van der Waals surface area (Å²) in [6, 6.07) is 0. The predicted molar refractivity (Wildman–Crippen MR) is 51.1 cm³/mol. The molecular formula is C9H13N3O. The quantitative estimate of drug-likeness (QED) is 0.637. The first-order valence-corrected chi connectivity index (χ1v) is 4.04. The summed E-state index contributed by atoms with van der Waals surface area (Å²) in [6.45, 7) is 3.33. The van der Waals surface area contributed by atoms with Crippen LogP contribution in [-0.4, -0.2) is 29.8 Å². The van der Waals surface area contributed by atoms with Gasteiger partial charge in [0.1, 0.15) is 0 Å². The van der Waals surface area contributed by atoms with E-state index in [2.05, 4.69) is 9.97 Å². The van der Waals surface area contributed by atoms with Crippen molar-refractivity contribution < 1.29 is 4.79 Å². The van der Waals surface area contributed by atoms with Gasteiger partial charge in [-0.1, -0.05) is 0 Å². The Labute approximate surface area is 77.6 Å². The Kier molecular flexibility index (Phi) is 2.60. The molecule has 0 aromatic carbocycles. The monoisotopic (exact) mass is 179 g/mol. The molecule has 0 fully saturated rings.